The van der Waals surface area contributed by atoms with Gasteiger partial charge in [-0.15, -0.1) is 11.3 Å². The second-order valence-corrected chi connectivity index (χ2v) is 6.26. The summed E-state index contributed by atoms with van der Waals surface area (Å²) in [6.07, 6.45) is 1.85. The third-order valence-corrected chi connectivity index (χ3v) is 4.09. The van der Waals surface area contributed by atoms with E-state index in [1.807, 2.05) is 17.6 Å². The van der Waals surface area contributed by atoms with Crippen LogP contribution in [0.2, 0.25) is 0 Å². The Balaban J connectivity index is 2.07. The first-order valence-electron chi connectivity index (χ1n) is 7.36. The fourth-order valence-electron chi connectivity index (χ4n) is 1.91. The third kappa shape index (κ3) is 4.39. The van der Waals surface area contributed by atoms with Crippen molar-refractivity contribution in [3.05, 3.63) is 28.5 Å². The van der Waals surface area contributed by atoms with E-state index in [9.17, 15) is 0 Å². The van der Waals surface area contributed by atoms with E-state index in [1.165, 1.54) is 0 Å². The molecule has 5 nitrogen and oxygen atoms in total. The highest BCUT2D eigenvalue weighted by atomic mass is 32.1. The lowest BCUT2D eigenvalue weighted by atomic mass is 10.2. The summed E-state index contributed by atoms with van der Waals surface area (Å²) in [4.78, 5) is 13.5. The van der Waals surface area contributed by atoms with Crippen LogP contribution in [0.1, 0.15) is 50.4 Å². The summed E-state index contributed by atoms with van der Waals surface area (Å²) in [5.74, 6) is 3.28. The van der Waals surface area contributed by atoms with Gasteiger partial charge in [-0.3, -0.25) is 0 Å². The maximum absolute atomic E-state index is 4.59. The smallest absolute Gasteiger partial charge is 0.135 e. The Bertz CT molecular complexity index is 553. The number of nitrogens with one attached hydrogen (secondary N) is 2. The van der Waals surface area contributed by atoms with Crippen molar-refractivity contribution >= 4 is 23.0 Å². The molecule has 0 bridgehead atoms. The largest absolute Gasteiger partial charge is 0.370 e. The van der Waals surface area contributed by atoms with E-state index in [0.717, 1.165) is 35.6 Å². The molecule has 0 fully saturated rings. The molecule has 0 aromatic carbocycles. The maximum atomic E-state index is 4.59. The summed E-state index contributed by atoms with van der Waals surface area (Å²) in [7, 11) is 0. The second kappa shape index (κ2) is 7.36. The lowest BCUT2D eigenvalue weighted by molar-refractivity contribution is 0.763. The van der Waals surface area contributed by atoms with E-state index in [2.05, 4.69) is 53.3 Å². The highest BCUT2D eigenvalue weighted by molar-refractivity contribution is 7.09. The Kier molecular flexibility index (Phi) is 5.50. The van der Waals surface area contributed by atoms with Gasteiger partial charge < -0.3 is 10.6 Å². The number of anilines is 2. The van der Waals surface area contributed by atoms with Crippen molar-refractivity contribution in [3.8, 4) is 0 Å². The second-order valence-electron chi connectivity index (χ2n) is 5.33. The van der Waals surface area contributed by atoms with Crippen LogP contribution in [0.3, 0.4) is 0 Å². The van der Waals surface area contributed by atoms with Crippen molar-refractivity contribution in [3.63, 3.8) is 0 Å². The average molecular weight is 305 g/mol. The van der Waals surface area contributed by atoms with Crippen molar-refractivity contribution in [2.24, 2.45) is 0 Å². The van der Waals surface area contributed by atoms with E-state index >= 15 is 0 Å². The molecule has 0 aliphatic carbocycles. The molecular formula is C15H23N5S. The van der Waals surface area contributed by atoms with Gasteiger partial charge >= 0.3 is 0 Å². The molecule has 0 radical (unpaired) electrons. The summed E-state index contributed by atoms with van der Waals surface area (Å²) in [6.45, 7) is 10.1. The zero-order valence-corrected chi connectivity index (χ0v) is 13.9. The minimum Gasteiger partial charge on any atom is -0.370 e. The van der Waals surface area contributed by atoms with Crippen molar-refractivity contribution < 1.29 is 0 Å². The number of aromatic nitrogens is 3. The van der Waals surface area contributed by atoms with Gasteiger partial charge in [0.2, 0.25) is 0 Å². The Morgan fingerprint density at radius 3 is 2.43 bits per heavy atom. The summed E-state index contributed by atoms with van der Waals surface area (Å²) in [6, 6.07) is 1.96. The van der Waals surface area contributed by atoms with Crippen LogP contribution in [-0.2, 0) is 0 Å². The molecule has 2 rings (SSSR count). The van der Waals surface area contributed by atoms with Crippen LogP contribution in [0.5, 0.6) is 0 Å². The lowest BCUT2D eigenvalue weighted by Crippen LogP contribution is -2.13. The fraction of sp³-hybridized carbons (Fsp3) is 0.533. The first-order chi connectivity index (χ1) is 10.1. The van der Waals surface area contributed by atoms with Crippen molar-refractivity contribution in [1.82, 2.24) is 15.0 Å². The molecule has 0 aliphatic heterocycles. The third-order valence-electron chi connectivity index (χ3n) is 3.08. The van der Waals surface area contributed by atoms with E-state index in [0.29, 0.717) is 11.8 Å². The number of nitrogens with zero attached hydrogens (tertiary/aromatic N) is 3. The highest BCUT2D eigenvalue weighted by Gasteiger charge is 2.11. The quantitative estimate of drug-likeness (QED) is 0.816. The molecule has 0 amide bonds. The van der Waals surface area contributed by atoms with Gasteiger partial charge in [-0.2, -0.15) is 0 Å². The number of hydrogen-bond acceptors (Lipinski definition) is 6. The molecular weight excluding hydrogens is 282 g/mol. The Morgan fingerprint density at radius 2 is 1.86 bits per heavy atom. The predicted molar refractivity (Wildman–Crippen MR) is 89.3 cm³/mol. The van der Waals surface area contributed by atoms with Gasteiger partial charge in [0.1, 0.15) is 17.5 Å². The molecule has 1 atom stereocenters. The van der Waals surface area contributed by atoms with Crippen LogP contribution < -0.4 is 10.6 Å². The molecule has 2 N–H and O–H groups in total. The van der Waals surface area contributed by atoms with E-state index < -0.39 is 0 Å². The molecule has 0 saturated carbocycles. The average Bonchev–Trinajstić information content (AvgIpc) is 2.99. The lowest BCUT2D eigenvalue weighted by Gasteiger charge is -2.14. The molecule has 6 heteroatoms. The maximum Gasteiger partial charge on any atom is 0.135 e. The van der Waals surface area contributed by atoms with Gasteiger partial charge in [0.15, 0.2) is 0 Å². The zero-order valence-electron chi connectivity index (χ0n) is 13.1. The minimum atomic E-state index is 0.306. The monoisotopic (exact) mass is 305 g/mol. The molecule has 21 heavy (non-hydrogen) atoms. The van der Waals surface area contributed by atoms with Crippen LogP contribution in [0, 0.1) is 0 Å². The van der Waals surface area contributed by atoms with Crippen LogP contribution in [0.4, 0.5) is 11.6 Å². The molecule has 2 heterocycles. The van der Waals surface area contributed by atoms with Gasteiger partial charge in [-0.25, -0.2) is 15.0 Å². The van der Waals surface area contributed by atoms with E-state index in [1.54, 1.807) is 11.3 Å². The molecule has 1 unspecified atom stereocenters. The molecule has 114 valence electrons. The zero-order chi connectivity index (χ0) is 15.2. The van der Waals surface area contributed by atoms with Gasteiger partial charge in [0.25, 0.3) is 0 Å². The number of hydrogen-bond donors (Lipinski definition) is 2. The summed E-state index contributed by atoms with van der Waals surface area (Å²) < 4.78 is 0. The van der Waals surface area contributed by atoms with E-state index in [-0.39, 0.29) is 0 Å². The molecule has 0 saturated heterocycles. The van der Waals surface area contributed by atoms with Crippen molar-refractivity contribution in [2.45, 2.75) is 39.5 Å². The van der Waals surface area contributed by atoms with Gasteiger partial charge in [-0.05, 0) is 6.92 Å². The fourth-order valence-corrected chi connectivity index (χ4v) is 2.61. The number of thiazole rings is 1. The van der Waals surface area contributed by atoms with E-state index in [4.69, 9.17) is 0 Å². The molecule has 2 aromatic rings. The van der Waals surface area contributed by atoms with Gasteiger partial charge in [0.05, 0.1) is 5.01 Å². The predicted octanol–water partition coefficient (Wildman–Crippen LogP) is 3.70. The molecule has 2 aromatic heterocycles. The van der Waals surface area contributed by atoms with Crippen LogP contribution in [0.25, 0.3) is 0 Å². The summed E-state index contributed by atoms with van der Waals surface area (Å²) in [5, 5.41) is 9.82. The highest BCUT2D eigenvalue weighted by Crippen LogP contribution is 2.20. The van der Waals surface area contributed by atoms with Crippen LogP contribution in [-0.4, -0.2) is 28.0 Å². The Labute approximate surface area is 130 Å². The van der Waals surface area contributed by atoms with Gasteiger partial charge in [0, 0.05) is 42.6 Å². The van der Waals surface area contributed by atoms with Crippen molar-refractivity contribution in [1.29, 1.82) is 0 Å². The first kappa shape index (κ1) is 15.7. The number of rotatable bonds is 7. The standard InChI is InChI=1S/C15H23N5S/c1-5-16-12-8-13(20-14(19-12)10(2)3)18-9-11(4)15-17-6-7-21-15/h6-8,10-11H,5,9H2,1-4H3,(H2,16,18,19,20). The van der Waals surface area contributed by atoms with Crippen LogP contribution >= 0.6 is 11.3 Å². The topological polar surface area (TPSA) is 62.7 Å². The normalized spacial score (nSPS) is 12.4. The summed E-state index contributed by atoms with van der Waals surface area (Å²) in [5.41, 5.74) is 0. The summed E-state index contributed by atoms with van der Waals surface area (Å²) >= 11 is 1.69. The van der Waals surface area contributed by atoms with Crippen LogP contribution in [0.15, 0.2) is 17.6 Å². The minimum absolute atomic E-state index is 0.306. The van der Waals surface area contributed by atoms with Crippen molar-refractivity contribution in [2.75, 3.05) is 23.7 Å². The van der Waals surface area contributed by atoms with Gasteiger partial charge in [-0.1, -0.05) is 20.8 Å². The molecule has 0 spiro atoms. The Hall–Kier alpha value is -1.69. The molecule has 0 aliphatic rings. The SMILES string of the molecule is CCNc1cc(NCC(C)c2nccs2)nc(C(C)C)n1. The Morgan fingerprint density at radius 1 is 1.14 bits per heavy atom. The first-order valence-corrected chi connectivity index (χ1v) is 8.24.